The maximum atomic E-state index is 15.0. The van der Waals surface area contributed by atoms with Gasteiger partial charge in [-0.15, -0.1) is 5.10 Å². The molecule has 164 valence electrons. The molecule has 1 atom stereocenters. The van der Waals surface area contributed by atoms with Crippen LogP contribution in [0.5, 0.6) is 0 Å². The van der Waals surface area contributed by atoms with Gasteiger partial charge in [0.05, 0.1) is 21.9 Å². The summed E-state index contributed by atoms with van der Waals surface area (Å²) < 4.78 is 46.3. The summed E-state index contributed by atoms with van der Waals surface area (Å²) in [5, 5.41) is 8.38. The van der Waals surface area contributed by atoms with Crippen molar-refractivity contribution in [2.45, 2.75) is 17.5 Å². The van der Waals surface area contributed by atoms with E-state index in [1.165, 1.54) is 6.07 Å². The molecule has 0 spiro atoms. The Kier molecular flexibility index (Phi) is 5.63. The average Bonchev–Trinajstić information content (AvgIpc) is 3.16. The lowest BCUT2D eigenvalue weighted by Crippen LogP contribution is -2.39. The number of sulfone groups is 1. The fraction of sp³-hybridized carbons (Fsp3) is 0.300. The summed E-state index contributed by atoms with van der Waals surface area (Å²) in [6.45, 7) is 0.637. The fourth-order valence-electron chi connectivity index (χ4n) is 3.47. The molecule has 0 amide bonds. The van der Waals surface area contributed by atoms with Crippen LogP contribution < -0.4 is 15.5 Å². The number of benzene rings is 2. The van der Waals surface area contributed by atoms with Gasteiger partial charge >= 0.3 is 6.01 Å². The van der Waals surface area contributed by atoms with Gasteiger partial charge in [0.25, 0.3) is 5.89 Å². The van der Waals surface area contributed by atoms with Gasteiger partial charge in [0.1, 0.15) is 5.82 Å². The molecule has 1 aliphatic rings. The van der Waals surface area contributed by atoms with Gasteiger partial charge in [-0.1, -0.05) is 28.8 Å². The Morgan fingerprint density at radius 2 is 1.97 bits per heavy atom. The minimum absolute atomic E-state index is 0.0196. The van der Waals surface area contributed by atoms with Crippen LogP contribution in [-0.4, -0.2) is 51.0 Å². The van der Waals surface area contributed by atoms with E-state index < -0.39 is 21.7 Å². The van der Waals surface area contributed by atoms with Crippen molar-refractivity contribution in [1.82, 2.24) is 10.2 Å². The molecule has 31 heavy (non-hydrogen) atoms. The Hall–Kier alpha value is -2.69. The van der Waals surface area contributed by atoms with E-state index in [0.29, 0.717) is 17.3 Å². The first-order valence-electron chi connectivity index (χ1n) is 9.46. The van der Waals surface area contributed by atoms with Gasteiger partial charge in [-0.25, -0.2) is 12.8 Å². The van der Waals surface area contributed by atoms with Crippen molar-refractivity contribution >= 4 is 33.1 Å². The lowest BCUT2D eigenvalue weighted by molar-refractivity contribution is 0.554. The molecular weight excluding hydrogens is 445 g/mol. The zero-order valence-corrected chi connectivity index (χ0v) is 18.5. The van der Waals surface area contributed by atoms with Gasteiger partial charge in [-0.3, -0.25) is 0 Å². The van der Waals surface area contributed by atoms with Crippen LogP contribution in [0.15, 0.2) is 45.7 Å². The van der Waals surface area contributed by atoms with Gasteiger partial charge in [-0.05, 0) is 29.8 Å². The number of rotatable bonds is 4. The predicted molar refractivity (Wildman–Crippen MR) is 117 cm³/mol. The second-order valence-corrected chi connectivity index (χ2v) is 10.1. The highest BCUT2D eigenvalue weighted by Crippen LogP contribution is 2.37. The van der Waals surface area contributed by atoms with E-state index in [1.807, 2.05) is 17.0 Å². The van der Waals surface area contributed by atoms with Crippen LogP contribution in [-0.2, 0) is 16.4 Å². The first-order valence-corrected chi connectivity index (χ1v) is 11.5. The number of fused-ring (bicyclic) bond motifs is 1. The SMILES string of the molecule is CN(C)c1nnc(-c2cc3c(cc2F)S(=O)(=O)C[C@H](N)CN3Cc2ccc(Cl)cc2)o1. The molecule has 0 aliphatic carbocycles. The van der Waals surface area contributed by atoms with E-state index in [9.17, 15) is 12.8 Å². The van der Waals surface area contributed by atoms with Crippen LogP contribution in [0.3, 0.4) is 0 Å². The Balaban J connectivity index is 1.84. The molecule has 2 N–H and O–H groups in total. The topological polar surface area (TPSA) is 106 Å². The predicted octanol–water partition coefficient (Wildman–Crippen LogP) is 2.72. The van der Waals surface area contributed by atoms with E-state index in [2.05, 4.69) is 10.2 Å². The molecule has 0 unspecified atom stereocenters. The van der Waals surface area contributed by atoms with Crippen LogP contribution in [0.2, 0.25) is 5.02 Å². The first-order chi connectivity index (χ1) is 14.6. The molecule has 1 aromatic heterocycles. The molecule has 0 saturated carbocycles. The lowest BCUT2D eigenvalue weighted by Gasteiger charge is -2.26. The third-order valence-electron chi connectivity index (χ3n) is 4.93. The molecule has 4 rings (SSSR count). The summed E-state index contributed by atoms with van der Waals surface area (Å²) in [5.74, 6) is -1.08. The number of anilines is 2. The van der Waals surface area contributed by atoms with Crippen molar-refractivity contribution in [1.29, 1.82) is 0 Å². The van der Waals surface area contributed by atoms with E-state index in [4.69, 9.17) is 21.8 Å². The third-order valence-corrected chi connectivity index (χ3v) is 7.04. The Morgan fingerprint density at radius 1 is 1.26 bits per heavy atom. The molecule has 0 bridgehead atoms. The monoisotopic (exact) mass is 465 g/mol. The standard InChI is InChI=1S/C20H21ClFN5O3S/c1-26(2)20-25-24-19(30-20)15-7-17-18(8-16(15)22)31(28,29)11-14(23)10-27(17)9-12-3-5-13(21)6-4-12/h3-8,14H,9-11,23H2,1-2H3/t14-/m1/s1. The minimum atomic E-state index is -3.79. The number of halogens is 2. The molecule has 11 heteroatoms. The number of nitrogens with zero attached hydrogens (tertiary/aromatic N) is 4. The number of aromatic nitrogens is 2. The van der Waals surface area contributed by atoms with E-state index >= 15 is 0 Å². The average molecular weight is 466 g/mol. The van der Waals surface area contributed by atoms with E-state index in [1.54, 1.807) is 31.1 Å². The molecule has 2 aromatic carbocycles. The number of hydrogen-bond donors (Lipinski definition) is 1. The molecule has 2 heterocycles. The van der Waals surface area contributed by atoms with Crippen molar-refractivity contribution < 1.29 is 17.2 Å². The number of hydrogen-bond acceptors (Lipinski definition) is 8. The summed E-state index contributed by atoms with van der Waals surface area (Å²) in [6.07, 6.45) is 0. The summed E-state index contributed by atoms with van der Waals surface area (Å²) in [7, 11) is -0.362. The molecule has 0 saturated heterocycles. The minimum Gasteiger partial charge on any atom is -0.403 e. The highest BCUT2D eigenvalue weighted by Gasteiger charge is 2.32. The van der Waals surface area contributed by atoms with Gasteiger partial charge in [0.2, 0.25) is 0 Å². The molecule has 1 aliphatic heterocycles. The molecule has 0 fully saturated rings. The van der Waals surface area contributed by atoms with Crippen molar-refractivity contribution in [3.63, 3.8) is 0 Å². The highest BCUT2D eigenvalue weighted by atomic mass is 35.5. The van der Waals surface area contributed by atoms with Gasteiger partial charge in [0, 0.05) is 38.2 Å². The summed E-state index contributed by atoms with van der Waals surface area (Å²) in [6, 6.07) is 9.21. The summed E-state index contributed by atoms with van der Waals surface area (Å²) in [5.41, 5.74) is 7.36. The van der Waals surface area contributed by atoms with Crippen LogP contribution in [0, 0.1) is 5.82 Å². The number of nitrogens with two attached hydrogens (primary N) is 1. The van der Waals surface area contributed by atoms with Gasteiger partial charge < -0.3 is 20.0 Å². The smallest absolute Gasteiger partial charge is 0.317 e. The summed E-state index contributed by atoms with van der Waals surface area (Å²) in [4.78, 5) is 3.30. The molecular formula is C20H21ClFN5O3S. The fourth-order valence-corrected chi connectivity index (χ4v) is 5.24. The lowest BCUT2D eigenvalue weighted by atomic mass is 10.1. The molecule has 3 aromatic rings. The second-order valence-electron chi connectivity index (χ2n) is 7.63. The maximum absolute atomic E-state index is 15.0. The Bertz CT molecular complexity index is 1210. The van der Waals surface area contributed by atoms with Crippen molar-refractivity contribution in [2.24, 2.45) is 5.73 Å². The van der Waals surface area contributed by atoms with Crippen LogP contribution in [0.4, 0.5) is 16.1 Å². The largest absolute Gasteiger partial charge is 0.403 e. The summed E-state index contributed by atoms with van der Waals surface area (Å²) >= 11 is 5.97. The van der Waals surface area contributed by atoms with Gasteiger partial charge in [-0.2, -0.15) is 0 Å². The Labute approximate surface area is 184 Å². The molecule has 8 nitrogen and oxygen atoms in total. The van der Waals surface area contributed by atoms with Crippen molar-refractivity contribution in [3.8, 4) is 11.5 Å². The zero-order valence-electron chi connectivity index (χ0n) is 16.9. The van der Waals surface area contributed by atoms with Gasteiger partial charge in [0.15, 0.2) is 9.84 Å². The van der Waals surface area contributed by atoms with Crippen molar-refractivity contribution in [3.05, 3.63) is 52.8 Å². The van der Waals surface area contributed by atoms with Crippen LogP contribution in [0.25, 0.3) is 11.5 Å². The third kappa shape index (κ3) is 4.36. The quantitative estimate of drug-likeness (QED) is 0.627. The van der Waals surface area contributed by atoms with Crippen molar-refractivity contribution in [2.75, 3.05) is 36.2 Å². The highest BCUT2D eigenvalue weighted by molar-refractivity contribution is 7.91. The Morgan fingerprint density at radius 3 is 2.61 bits per heavy atom. The van der Waals surface area contributed by atoms with E-state index in [-0.39, 0.29) is 34.7 Å². The van der Waals surface area contributed by atoms with Crippen LogP contribution in [0.1, 0.15) is 5.56 Å². The van der Waals surface area contributed by atoms with E-state index in [0.717, 1.165) is 11.6 Å². The zero-order chi connectivity index (χ0) is 22.3. The molecule has 0 radical (unpaired) electrons. The normalized spacial score (nSPS) is 17.8. The maximum Gasteiger partial charge on any atom is 0.317 e. The first kappa shape index (κ1) is 21.5. The van der Waals surface area contributed by atoms with Crippen LogP contribution >= 0.6 is 11.6 Å². The second kappa shape index (κ2) is 8.10.